The standard InChI is InChI=1S/C19H22N2O5S/c1-3-4-14-5-11-17(12-6-14)27(24,25)21-16-9-7-15(8-10-16)19(23)20-13-18(22)26-2/h5-12,21H,3-4,13H2,1-2H3,(H,20,23). The minimum atomic E-state index is -3.71. The van der Waals surface area contributed by atoms with Crippen molar-refractivity contribution in [2.45, 2.75) is 24.7 Å². The molecule has 0 aliphatic heterocycles. The number of methoxy groups -OCH3 is 1. The van der Waals surface area contributed by atoms with Crippen LogP contribution in [0.15, 0.2) is 53.4 Å². The molecule has 0 bridgehead atoms. The lowest BCUT2D eigenvalue weighted by molar-refractivity contribution is -0.139. The summed E-state index contributed by atoms with van der Waals surface area (Å²) < 4.78 is 31.8. The van der Waals surface area contributed by atoms with Crippen molar-refractivity contribution >= 4 is 27.6 Å². The normalized spacial score (nSPS) is 10.9. The summed E-state index contributed by atoms with van der Waals surface area (Å²) in [6.07, 6.45) is 1.89. The molecule has 2 aromatic rings. The van der Waals surface area contributed by atoms with Crippen LogP contribution in [0, 0.1) is 0 Å². The third kappa shape index (κ3) is 5.82. The van der Waals surface area contributed by atoms with Gasteiger partial charge in [-0.25, -0.2) is 8.42 Å². The average molecular weight is 390 g/mol. The number of esters is 1. The number of rotatable bonds is 8. The van der Waals surface area contributed by atoms with Crippen molar-refractivity contribution in [2.75, 3.05) is 18.4 Å². The summed E-state index contributed by atoms with van der Waals surface area (Å²) in [5.41, 5.74) is 1.71. The fraction of sp³-hybridized carbons (Fsp3) is 0.263. The van der Waals surface area contributed by atoms with Crippen LogP contribution >= 0.6 is 0 Å². The van der Waals surface area contributed by atoms with Gasteiger partial charge in [-0.2, -0.15) is 0 Å². The molecule has 7 nitrogen and oxygen atoms in total. The van der Waals surface area contributed by atoms with Crippen LogP contribution in [0.3, 0.4) is 0 Å². The molecule has 0 radical (unpaired) electrons. The lowest BCUT2D eigenvalue weighted by Gasteiger charge is -2.10. The minimum Gasteiger partial charge on any atom is -0.468 e. The van der Waals surface area contributed by atoms with E-state index in [0.29, 0.717) is 11.3 Å². The highest BCUT2D eigenvalue weighted by Gasteiger charge is 2.15. The maximum atomic E-state index is 12.5. The molecule has 0 fully saturated rings. The van der Waals surface area contributed by atoms with E-state index in [-0.39, 0.29) is 11.4 Å². The van der Waals surface area contributed by atoms with Gasteiger partial charge in [-0.3, -0.25) is 14.3 Å². The Bertz CT molecular complexity index is 891. The number of anilines is 1. The van der Waals surface area contributed by atoms with Crippen LogP contribution in [-0.4, -0.2) is 33.9 Å². The Hall–Kier alpha value is -2.87. The molecule has 0 saturated heterocycles. The predicted octanol–water partition coefficient (Wildman–Crippen LogP) is 2.34. The van der Waals surface area contributed by atoms with Gasteiger partial charge in [-0.05, 0) is 48.4 Å². The van der Waals surface area contributed by atoms with E-state index in [1.165, 1.54) is 31.4 Å². The van der Waals surface area contributed by atoms with Crippen molar-refractivity contribution in [3.8, 4) is 0 Å². The number of hydrogen-bond acceptors (Lipinski definition) is 5. The van der Waals surface area contributed by atoms with Gasteiger partial charge in [0.15, 0.2) is 0 Å². The number of benzene rings is 2. The Kier molecular flexibility index (Phi) is 6.95. The molecule has 0 saturated carbocycles. The molecular weight excluding hydrogens is 368 g/mol. The summed E-state index contributed by atoms with van der Waals surface area (Å²) in [4.78, 5) is 23.1. The highest BCUT2D eigenvalue weighted by molar-refractivity contribution is 7.92. The van der Waals surface area contributed by atoms with E-state index in [9.17, 15) is 18.0 Å². The summed E-state index contributed by atoms with van der Waals surface area (Å²) in [5.74, 6) is -1.01. The zero-order chi connectivity index (χ0) is 19.9. The van der Waals surface area contributed by atoms with Crippen LogP contribution < -0.4 is 10.0 Å². The van der Waals surface area contributed by atoms with E-state index in [1.807, 2.05) is 0 Å². The molecule has 2 aromatic carbocycles. The number of aryl methyl sites for hydroxylation is 1. The number of amides is 1. The molecule has 1 amide bonds. The summed E-state index contributed by atoms with van der Waals surface area (Å²) >= 11 is 0. The zero-order valence-corrected chi connectivity index (χ0v) is 16.0. The van der Waals surface area contributed by atoms with E-state index in [0.717, 1.165) is 18.4 Å². The SMILES string of the molecule is CCCc1ccc(S(=O)(=O)Nc2ccc(C(=O)NCC(=O)OC)cc2)cc1. The molecule has 0 unspecified atom stereocenters. The first kappa shape index (κ1) is 20.4. The first-order valence-corrected chi connectivity index (χ1v) is 9.91. The highest BCUT2D eigenvalue weighted by atomic mass is 32.2. The first-order chi connectivity index (χ1) is 12.9. The molecule has 0 spiro atoms. The third-order valence-electron chi connectivity index (χ3n) is 3.79. The molecule has 2 rings (SSSR count). The molecule has 2 N–H and O–H groups in total. The number of nitrogens with one attached hydrogen (secondary N) is 2. The maximum Gasteiger partial charge on any atom is 0.325 e. The molecule has 0 aromatic heterocycles. The van der Waals surface area contributed by atoms with E-state index in [2.05, 4.69) is 21.7 Å². The second kappa shape index (κ2) is 9.18. The second-order valence-corrected chi connectivity index (χ2v) is 7.52. The van der Waals surface area contributed by atoms with Gasteiger partial charge in [-0.15, -0.1) is 0 Å². The molecule has 27 heavy (non-hydrogen) atoms. The molecule has 0 heterocycles. The molecule has 8 heteroatoms. The topological polar surface area (TPSA) is 102 Å². The van der Waals surface area contributed by atoms with Crippen LogP contribution in [0.5, 0.6) is 0 Å². The van der Waals surface area contributed by atoms with Crippen LogP contribution in [0.25, 0.3) is 0 Å². The van der Waals surface area contributed by atoms with E-state index < -0.39 is 21.9 Å². The second-order valence-electron chi connectivity index (χ2n) is 5.84. The predicted molar refractivity (Wildman–Crippen MR) is 102 cm³/mol. The third-order valence-corrected chi connectivity index (χ3v) is 5.19. The molecular formula is C19H22N2O5S. The first-order valence-electron chi connectivity index (χ1n) is 8.42. The molecule has 0 aliphatic carbocycles. The van der Waals surface area contributed by atoms with Crippen molar-refractivity contribution in [3.63, 3.8) is 0 Å². The van der Waals surface area contributed by atoms with E-state index in [1.54, 1.807) is 24.3 Å². The highest BCUT2D eigenvalue weighted by Crippen LogP contribution is 2.18. The number of carbonyl (C=O) groups is 2. The van der Waals surface area contributed by atoms with Gasteiger partial charge >= 0.3 is 5.97 Å². The Balaban J connectivity index is 2.04. The minimum absolute atomic E-state index is 0.169. The average Bonchev–Trinajstić information content (AvgIpc) is 2.66. The Morgan fingerprint density at radius 2 is 1.63 bits per heavy atom. The summed E-state index contributed by atoms with van der Waals surface area (Å²) in [7, 11) is -2.49. The number of sulfonamides is 1. The summed E-state index contributed by atoms with van der Waals surface area (Å²) in [6.45, 7) is 1.82. The van der Waals surface area contributed by atoms with Gasteiger partial charge in [0.05, 0.1) is 12.0 Å². The van der Waals surface area contributed by atoms with E-state index >= 15 is 0 Å². The van der Waals surface area contributed by atoms with Gasteiger partial charge in [0.1, 0.15) is 6.54 Å². The van der Waals surface area contributed by atoms with Crippen molar-refractivity contribution in [3.05, 3.63) is 59.7 Å². The molecule has 0 atom stereocenters. The van der Waals surface area contributed by atoms with Crippen molar-refractivity contribution in [1.82, 2.24) is 5.32 Å². The molecule has 144 valence electrons. The quantitative estimate of drug-likeness (QED) is 0.674. The Labute approximate surface area is 158 Å². The van der Waals surface area contributed by atoms with Crippen LogP contribution in [-0.2, 0) is 26.0 Å². The van der Waals surface area contributed by atoms with Crippen LogP contribution in [0.2, 0.25) is 0 Å². The zero-order valence-electron chi connectivity index (χ0n) is 15.2. The fourth-order valence-corrected chi connectivity index (χ4v) is 3.41. The van der Waals surface area contributed by atoms with Gasteiger partial charge in [0.2, 0.25) is 0 Å². The maximum absolute atomic E-state index is 12.5. The Morgan fingerprint density at radius 3 is 2.19 bits per heavy atom. The van der Waals surface area contributed by atoms with Gasteiger partial charge < -0.3 is 10.1 Å². The van der Waals surface area contributed by atoms with Crippen molar-refractivity contribution in [2.24, 2.45) is 0 Å². The van der Waals surface area contributed by atoms with Crippen molar-refractivity contribution in [1.29, 1.82) is 0 Å². The number of carbonyl (C=O) groups excluding carboxylic acids is 2. The van der Waals surface area contributed by atoms with Crippen LogP contribution in [0.4, 0.5) is 5.69 Å². The number of hydrogen-bond donors (Lipinski definition) is 2. The summed E-state index contributed by atoms with van der Waals surface area (Å²) in [5, 5.41) is 2.41. The van der Waals surface area contributed by atoms with Crippen molar-refractivity contribution < 1.29 is 22.7 Å². The number of ether oxygens (including phenoxy) is 1. The lowest BCUT2D eigenvalue weighted by Crippen LogP contribution is -2.30. The monoisotopic (exact) mass is 390 g/mol. The van der Waals surface area contributed by atoms with Gasteiger partial charge in [0, 0.05) is 11.3 Å². The summed E-state index contributed by atoms with van der Waals surface area (Å²) in [6, 6.07) is 12.6. The van der Waals surface area contributed by atoms with Gasteiger partial charge in [-0.1, -0.05) is 25.5 Å². The Morgan fingerprint density at radius 1 is 1.00 bits per heavy atom. The largest absolute Gasteiger partial charge is 0.468 e. The fourth-order valence-electron chi connectivity index (χ4n) is 2.35. The molecule has 0 aliphatic rings. The van der Waals surface area contributed by atoms with E-state index in [4.69, 9.17) is 0 Å². The van der Waals surface area contributed by atoms with Crippen LogP contribution in [0.1, 0.15) is 29.3 Å². The smallest absolute Gasteiger partial charge is 0.325 e. The van der Waals surface area contributed by atoms with Gasteiger partial charge in [0.25, 0.3) is 15.9 Å². The lowest BCUT2D eigenvalue weighted by atomic mass is 10.1.